The summed E-state index contributed by atoms with van der Waals surface area (Å²) >= 11 is 9.03. The van der Waals surface area contributed by atoms with Crippen LogP contribution >= 0.6 is 43.2 Å². The minimum absolute atomic E-state index is 0.141. The van der Waals surface area contributed by atoms with Crippen LogP contribution < -0.4 is 5.43 Å². The van der Waals surface area contributed by atoms with E-state index in [0.29, 0.717) is 0 Å². The standard InChI is InChI=1S/C25H18Br2OS/c1-2-3-4-14-5-8-23-19(9-14)25(28)20-12-15-10-17-18(22(27)7-6-21(17)26)11-16(15)13-24(20)29-23/h5-13H,2-4H2,1H3. The highest BCUT2D eigenvalue weighted by atomic mass is 79.9. The lowest BCUT2D eigenvalue weighted by molar-refractivity contribution is 0.796. The highest BCUT2D eigenvalue weighted by Gasteiger charge is 2.11. The summed E-state index contributed by atoms with van der Waals surface area (Å²) in [5.41, 5.74) is 1.39. The van der Waals surface area contributed by atoms with Gasteiger partial charge in [-0.1, -0.05) is 51.3 Å². The van der Waals surface area contributed by atoms with Gasteiger partial charge in [0.25, 0.3) is 0 Å². The molecule has 0 aliphatic rings. The van der Waals surface area contributed by atoms with Gasteiger partial charge < -0.3 is 0 Å². The van der Waals surface area contributed by atoms with Crippen LogP contribution in [0.2, 0.25) is 0 Å². The van der Waals surface area contributed by atoms with E-state index in [1.165, 1.54) is 10.9 Å². The number of benzene rings is 4. The van der Waals surface area contributed by atoms with E-state index in [4.69, 9.17) is 0 Å². The molecule has 4 aromatic carbocycles. The van der Waals surface area contributed by atoms with Crippen molar-refractivity contribution in [1.82, 2.24) is 0 Å². The summed E-state index contributed by atoms with van der Waals surface area (Å²) in [7, 11) is 0. The molecule has 0 amide bonds. The second-order valence-electron chi connectivity index (χ2n) is 7.49. The van der Waals surface area contributed by atoms with Crippen LogP contribution in [0.4, 0.5) is 0 Å². The van der Waals surface area contributed by atoms with Gasteiger partial charge >= 0.3 is 0 Å². The van der Waals surface area contributed by atoms with Crippen LogP contribution in [0, 0.1) is 0 Å². The van der Waals surface area contributed by atoms with E-state index >= 15 is 0 Å². The summed E-state index contributed by atoms with van der Waals surface area (Å²) in [5, 5.41) is 6.21. The molecule has 1 heterocycles. The van der Waals surface area contributed by atoms with Crippen LogP contribution in [-0.4, -0.2) is 0 Å². The molecule has 0 unspecified atom stereocenters. The fourth-order valence-electron chi connectivity index (χ4n) is 3.96. The molecule has 0 saturated heterocycles. The van der Waals surface area contributed by atoms with Crippen molar-refractivity contribution in [3.63, 3.8) is 0 Å². The number of hydrogen-bond donors (Lipinski definition) is 0. The average Bonchev–Trinajstić information content (AvgIpc) is 2.73. The lowest BCUT2D eigenvalue weighted by Gasteiger charge is -2.09. The molecule has 29 heavy (non-hydrogen) atoms. The van der Waals surface area contributed by atoms with Crippen molar-refractivity contribution in [1.29, 1.82) is 0 Å². The van der Waals surface area contributed by atoms with Gasteiger partial charge in [0.1, 0.15) is 0 Å². The molecule has 0 N–H and O–H groups in total. The van der Waals surface area contributed by atoms with E-state index < -0.39 is 0 Å². The molecule has 1 nitrogen and oxygen atoms in total. The van der Waals surface area contributed by atoms with E-state index in [9.17, 15) is 4.79 Å². The van der Waals surface area contributed by atoms with Crippen molar-refractivity contribution in [2.45, 2.75) is 26.2 Å². The Kier molecular flexibility index (Phi) is 4.97. The van der Waals surface area contributed by atoms with Gasteiger partial charge in [-0.2, -0.15) is 0 Å². The first-order chi connectivity index (χ1) is 14.0. The molecule has 0 aliphatic carbocycles. The van der Waals surface area contributed by atoms with Gasteiger partial charge in [-0.3, -0.25) is 4.79 Å². The quantitative estimate of drug-likeness (QED) is 0.215. The molecule has 0 aliphatic heterocycles. The van der Waals surface area contributed by atoms with Gasteiger partial charge in [-0.25, -0.2) is 0 Å². The van der Waals surface area contributed by atoms with E-state index in [2.05, 4.69) is 87.3 Å². The maximum absolute atomic E-state index is 13.3. The third kappa shape index (κ3) is 3.31. The molecular formula is C25H18Br2OS. The Morgan fingerprint density at radius 1 is 0.759 bits per heavy atom. The summed E-state index contributed by atoms with van der Waals surface area (Å²) < 4.78 is 4.24. The zero-order valence-corrected chi connectivity index (χ0v) is 19.9. The number of hydrogen-bond acceptors (Lipinski definition) is 2. The maximum Gasteiger partial charge on any atom is 0.195 e. The minimum Gasteiger partial charge on any atom is -0.289 e. The van der Waals surface area contributed by atoms with Gasteiger partial charge in [-0.05, 0) is 88.5 Å². The van der Waals surface area contributed by atoms with Gasteiger partial charge in [0, 0.05) is 29.1 Å². The zero-order valence-electron chi connectivity index (χ0n) is 15.9. The topological polar surface area (TPSA) is 17.1 Å². The number of unbranched alkanes of at least 4 members (excludes halogenated alkanes) is 1. The van der Waals surface area contributed by atoms with Crippen molar-refractivity contribution in [3.05, 3.63) is 79.3 Å². The first-order valence-electron chi connectivity index (χ1n) is 9.76. The third-order valence-corrected chi connectivity index (χ3v) is 8.05. The molecule has 0 saturated carbocycles. The second kappa shape index (κ2) is 7.50. The summed E-state index contributed by atoms with van der Waals surface area (Å²) in [6.07, 6.45) is 3.34. The smallest absolute Gasteiger partial charge is 0.195 e. The second-order valence-corrected chi connectivity index (χ2v) is 10.3. The Hall–Kier alpha value is -1.75. The lowest BCUT2D eigenvalue weighted by atomic mass is 10.0. The SMILES string of the molecule is CCCCc1ccc2sc3cc4cc5c(Br)ccc(Br)c5cc4cc3c(=O)c2c1. The number of aryl methyl sites for hydroxylation is 1. The largest absolute Gasteiger partial charge is 0.289 e. The molecular weight excluding hydrogens is 508 g/mol. The van der Waals surface area contributed by atoms with Crippen molar-refractivity contribution in [2.75, 3.05) is 0 Å². The van der Waals surface area contributed by atoms with Gasteiger partial charge in [0.05, 0.1) is 0 Å². The highest BCUT2D eigenvalue weighted by Crippen LogP contribution is 2.36. The van der Waals surface area contributed by atoms with E-state index in [-0.39, 0.29) is 5.43 Å². The highest BCUT2D eigenvalue weighted by molar-refractivity contribution is 9.11. The summed E-state index contributed by atoms with van der Waals surface area (Å²) in [6, 6.07) is 19.1. The Morgan fingerprint density at radius 2 is 1.38 bits per heavy atom. The van der Waals surface area contributed by atoms with E-state index in [1.807, 2.05) is 6.07 Å². The normalized spacial score (nSPS) is 11.8. The first kappa shape index (κ1) is 19.2. The van der Waals surface area contributed by atoms with Crippen LogP contribution in [0.15, 0.2) is 68.3 Å². The summed E-state index contributed by atoms with van der Waals surface area (Å²) in [5.74, 6) is 0. The van der Waals surface area contributed by atoms with Gasteiger partial charge in [0.15, 0.2) is 5.43 Å². The summed E-state index contributed by atoms with van der Waals surface area (Å²) in [6.45, 7) is 2.20. The van der Waals surface area contributed by atoms with E-state index in [1.54, 1.807) is 11.3 Å². The molecule has 5 aromatic rings. The Balaban J connectivity index is 1.81. The number of fused-ring (bicyclic) bond motifs is 4. The molecule has 1 aromatic heterocycles. The van der Waals surface area contributed by atoms with Crippen molar-refractivity contribution >= 4 is 84.9 Å². The number of halogens is 2. The number of rotatable bonds is 3. The third-order valence-electron chi connectivity index (χ3n) is 5.54. The monoisotopic (exact) mass is 524 g/mol. The minimum atomic E-state index is 0.141. The lowest BCUT2D eigenvalue weighted by Crippen LogP contribution is -2.02. The Labute approximate surface area is 189 Å². The Bertz CT molecular complexity index is 1480. The van der Waals surface area contributed by atoms with Crippen LogP contribution in [0.25, 0.3) is 41.7 Å². The molecule has 0 fully saturated rings. The predicted molar refractivity (Wildman–Crippen MR) is 135 cm³/mol. The average molecular weight is 526 g/mol. The fraction of sp³-hybridized carbons (Fsp3) is 0.160. The molecule has 0 spiro atoms. The molecule has 4 heteroatoms. The molecule has 0 radical (unpaired) electrons. The van der Waals surface area contributed by atoms with Crippen molar-refractivity contribution in [2.24, 2.45) is 0 Å². The van der Waals surface area contributed by atoms with Gasteiger partial charge in [-0.15, -0.1) is 11.3 Å². The van der Waals surface area contributed by atoms with Crippen LogP contribution in [-0.2, 0) is 6.42 Å². The first-order valence-corrected chi connectivity index (χ1v) is 12.2. The van der Waals surface area contributed by atoms with Crippen LogP contribution in [0.3, 0.4) is 0 Å². The van der Waals surface area contributed by atoms with Crippen LogP contribution in [0.5, 0.6) is 0 Å². The zero-order chi connectivity index (χ0) is 20.1. The molecule has 0 atom stereocenters. The van der Waals surface area contributed by atoms with E-state index in [0.717, 1.165) is 64.5 Å². The van der Waals surface area contributed by atoms with Crippen LogP contribution in [0.1, 0.15) is 25.3 Å². The van der Waals surface area contributed by atoms with Crippen molar-refractivity contribution < 1.29 is 0 Å². The predicted octanol–water partition coefficient (Wildman–Crippen LogP) is 8.59. The Morgan fingerprint density at radius 3 is 2.07 bits per heavy atom. The molecule has 0 bridgehead atoms. The summed E-state index contributed by atoms with van der Waals surface area (Å²) in [4.78, 5) is 13.3. The molecule has 144 valence electrons. The van der Waals surface area contributed by atoms with Gasteiger partial charge in [0.2, 0.25) is 0 Å². The maximum atomic E-state index is 13.3. The molecule has 5 rings (SSSR count). The van der Waals surface area contributed by atoms with Crippen molar-refractivity contribution in [3.8, 4) is 0 Å². The fourth-order valence-corrected chi connectivity index (χ4v) is 5.96.